The first-order valence-corrected chi connectivity index (χ1v) is 7.56. The van der Waals surface area contributed by atoms with Crippen molar-refractivity contribution in [2.75, 3.05) is 14.2 Å². The highest BCUT2D eigenvalue weighted by molar-refractivity contribution is 9.10. The SMILES string of the molecule is CNC(Cc1ccccc1)Cc1cc(Br)ccc1OC. The van der Waals surface area contributed by atoms with E-state index in [1.165, 1.54) is 11.1 Å². The molecule has 3 heteroatoms. The van der Waals surface area contributed by atoms with E-state index in [4.69, 9.17) is 4.74 Å². The second kappa shape index (κ2) is 7.46. The number of rotatable bonds is 6. The van der Waals surface area contributed by atoms with Gasteiger partial charge in [-0.25, -0.2) is 0 Å². The van der Waals surface area contributed by atoms with Crippen molar-refractivity contribution in [3.8, 4) is 5.75 Å². The first-order valence-electron chi connectivity index (χ1n) is 6.76. The molecule has 106 valence electrons. The van der Waals surface area contributed by atoms with Crippen molar-refractivity contribution in [3.05, 3.63) is 64.1 Å². The third-order valence-corrected chi connectivity index (χ3v) is 3.94. The fourth-order valence-corrected chi connectivity index (χ4v) is 2.76. The zero-order valence-electron chi connectivity index (χ0n) is 11.9. The minimum Gasteiger partial charge on any atom is -0.496 e. The van der Waals surface area contributed by atoms with E-state index in [2.05, 4.69) is 57.6 Å². The molecule has 2 aromatic carbocycles. The molecular weight excluding hydrogens is 314 g/mol. The van der Waals surface area contributed by atoms with E-state index < -0.39 is 0 Å². The van der Waals surface area contributed by atoms with Crippen molar-refractivity contribution < 1.29 is 4.74 Å². The summed E-state index contributed by atoms with van der Waals surface area (Å²) >= 11 is 3.53. The van der Waals surface area contributed by atoms with E-state index in [9.17, 15) is 0 Å². The maximum Gasteiger partial charge on any atom is 0.122 e. The molecule has 0 aliphatic carbocycles. The summed E-state index contributed by atoms with van der Waals surface area (Å²) in [5.74, 6) is 0.946. The lowest BCUT2D eigenvalue weighted by molar-refractivity contribution is 0.405. The molecule has 0 amide bonds. The van der Waals surface area contributed by atoms with Crippen LogP contribution in [-0.4, -0.2) is 20.2 Å². The average molecular weight is 334 g/mol. The van der Waals surface area contributed by atoms with Crippen LogP contribution in [0.5, 0.6) is 5.75 Å². The van der Waals surface area contributed by atoms with Gasteiger partial charge in [0.2, 0.25) is 0 Å². The van der Waals surface area contributed by atoms with Gasteiger partial charge in [-0.05, 0) is 49.2 Å². The summed E-state index contributed by atoms with van der Waals surface area (Å²) in [7, 11) is 3.73. The fraction of sp³-hybridized carbons (Fsp3) is 0.294. The number of methoxy groups -OCH3 is 1. The van der Waals surface area contributed by atoms with Crippen molar-refractivity contribution >= 4 is 15.9 Å². The van der Waals surface area contributed by atoms with E-state index in [-0.39, 0.29) is 0 Å². The molecule has 0 aromatic heterocycles. The Labute approximate surface area is 129 Å². The van der Waals surface area contributed by atoms with Gasteiger partial charge in [0.25, 0.3) is 0 Å². The van der Waals surface area contributed by atoms with Gasteiger partial charge in [-0.1, -0.05) is 46.3 Å². The molecule has 0 aliphatic rings. The monoisotopic (exact) mass is 333 g/mol. The maximum atomic E-state index is 5.45. The molecule has 0 radical (unpaired) electrons. The molecule has 0 heterocycles. The summed E-state index contributed by atoms with van der Waals surface area (Å²) in [6, 6.07) is 17.1. The number of benzene rings is 2. The summed E-state index contributed by atoms with van der Waals surface area (Å²) in [6.45, 7) is 0. The summed E-state index contributed by atoms with van der Waals surface area (Å²) < 4.78 is 6.53. The van der Waals surface area contributed by atoms with Crippen molar-refractivity contribution in [2.45, 2.75) is 18.9 Å². The van der Waals surface area contributed by atoms with Gasteiger partial charge in [-0.15, -0.1) is 0 Å². The molecule has 1 N–H and O–H groups in total. The number of likely N-dealkylation sites (N-methyl/N-ethyl adjacent to an activating group) is 1. The highest BCUT2D eigenvalue weighted by Gasteiger charge is 2.12. The highest BCUT2D eigenvalue weighted by atomic mass is 79.9. The van der Waals surface area contributed by atoms with Crippen LogP contribution in [0.15, 0.2) is 53.0 Å². The Morgan fingerprint density at radius 1 is 1.10 bits per heavy atom. The Balaban J connectivity index is 2.12. The quantitative estimate of drug-likeness (QED) is 0.867. The first kappa shape index (κ1) is 15.1. The Morgan fingerprint density at radius 2 is 1.85 bits per heavy atom. The van der Waals surface area contributed by atoms with Crippen LogP contribution in [-0.2, 0) is 12.8 Å². The zero-order valence-corrected chi connectivity index (χ0v) is 13.5. The van der Waals surface area contributed by atoms with Crippen LogP contribution in [0.2, 0.25) is 0 Å². The van der Waals surface area contributed by atoms with E-state index in [1.54, 1.807) is 7.11 Å². The van der Waals surface area contributed by atoms with Gasteiger partial charge in [0.1, 0.15) is 5.75 Å². The molecule has 0 saturated carbocycles. The number of nitrogens with one attached hydrogen (secondary N) is 1. The van der Waals surface area contributed by atoms with E-state index in [0.29, 0.717) is 6.04 Å². The third kappa shape index (κ3) is 4.09. The number of hydrogen-bond acceptors (Lipinski definition) is 2. The maximum absolute atomic E-state index is 5.45. The Morgan fingerprint density at radius 3 is 2.50 bits per heavy atom. The largest absolute Gasteiger partial charge is 0.496 e. The Kier molecular flexibility index (Phi) is 5.62. The molecule has 2 nitrogen and oxygen atoms in total. The van der Waals surface area contributed by atoms with Crippen molar-refractivity contribution in [2.24, 2.45) is 0 Å². The van der Waals surface area contributed by atoms with Crippen LogP contribution in [0.1, 0.15) is 11.1 Å². The molecule has 0 aliphatic heterocycles. The molecule has 20 heavy (non-hydrogen) atoms. The van der Waals surface area contributed by atoms with Gasteiger partial charge < -0.3 is 10.1 Å². The van der Waals surface area contributed by atoms with E-state index in [1.807, 2.05) is 19.2 Å². The molecule has 2 aromatic rings. The predicted molar refractivity (Wildman–Crippen MR) is 87.4 cm³/mol. The van der Waals surface area contributed by atoms with E-state index in [0.717, 1.165) is 23.1 Å². The second-order valence-corrected chi connectivity index (χ2v) is 5.75. The van der Waals surface area contributed by atoms with Gasteiger partial charge in [0.15, 0.2) is 0 Å². The van der Waals surface area contributed by atoms with E-state index >= 15 is 0 Å². The second-order valence-electron chi connectivity index (χ2n) is 4.84. The zero-order chi connectivity index (χ0) is 14.4. The molecule has 2 rings (SSSR count). The summed E-state index contributed by atoms with van der Waals surface area (Å²) in [6.07, 6.45) is 1.95. The first-order chi connectivity index (χ1) is 9.72. The minimum absolute atomic E-state index is 0.389. The summed E-state index contributed by atoms with van der Waals surface area (Å²) in [4.78, 5) is 0. The number of ether oxygens (including phenoxy) is 1. The normalized spacial score (nSPS) is 12.2. The molecule has 1 unspecified atom stereocenters. The highest BCUT2D eigenvalue weighted by Crippen LogP contribution is 2.24. The predicted octanol–water partition coefficient (Wildman–Crippen LogP) is 3.83. The van der Waals surface area contributed by atoms with Crippen molar-refractivity contribution in [1.29, 1.82) is 0 Å². The molecule has 0 saturated heterocycles. The van der Waals surface area contributed by atoms with Gasteiger partial charge >= 0.3 is 0 Å². The molecule has 1 atom stereocenters. The Bertz CT molecular complexity index is 542. The lowest BCUT2D eigenvalue weighted by Gasteiger charge is -2.18. The summed E-state index contributed by atoms with van der Waals surface area (Å²) in [5, 5.41) is 3.40. The van der Waals surface area contributed by atoms with Crippen LogP contribution in [0.4, 0.5) is 0 Å². The smallest absolute Gasteiger partial charge is 0.122 e. The third-order valence-electron chi connectivity index (χ3n) is 3.44. The van der Waals surface area contributed by atoms with Crippen molar-refractivity contribution in [1.82, 2.24) is 5.32 Å². The van der Waals surface area contributed by atoms with Crippen LogP contribution in [0.3, 0.4) is 0 Å². The molecule has 0 bridgehead atoms. The lowest BCUT2D eigenvalue weighted by Crippen LogP contribution is -2.30. The van der Waals surface area contributed by atoms with Gasteiger partial charge in [0.05, 0.1) is 7.11 Å². The minimum atomic E-state index is 0.389. The van der Waals surface area contributed by atoms with Crippen LogP contribution >= 0.6 is 15.9 Å². The molecule has 0 fully saturated rings. The van der Waals surface area contributed by atoms with Crippen LogP contribution < -0.4 is 10.1 Å². The van der Waals surface area contributed by atoms with Crippen molar-refractivity contribution in [3.63, 3.8) is 0 Å². The van der Waals surface area contributed by atoms with Gasteiger partial charge in [-0.3, -0.25) is 0 Å². The van der Waals surface area contributed by atoms with Crippen LogP contribution in [0, 0.1) is 0 Å². The fourth-order valence-electron chi connectivity index (χ4n) is 2.35. The summed E-state index contributed by atoms with van der Waals surface area (Å²) in [5.41, 5.74) is 2.57. The molecular formula is C17H20BrNO. The lowest BCUT2D eigenvalue weighted by atomic mass is 9.98. The number of hydrogen-bond donors (Lipinski definition) is 1. The van der Waals surface area contributed by atoms with Gasteiger partial charge in [-0.2, -0.15) is 0 Å². The Hall–Kier alpha value is -1.32. The standard InChI is InChI=1S/C17H20BrNO/c1-19-16(10-13-6-4-3-5-7-13)12-14-11-15(18)8-9-17(14)20-2/h3-9,11,16,19H,10,12H2,1-2H3. The van der Waals surface area contributed by atoms with Crippen LogP contribution in [0.25, 0.3) is 0 Å². The average Bonchev–Trinajstić information content (AvgIpc) is 2.48. The van der Waals surface area contributed by atoms with Gasteiger partial charge in [0, 0.05) is 10.5 Å². The topological polar surface area (TPSA) is 21.3 Å². The molecule has 0 spiro atoms. The number of halogens is 1.